The van der Waals surface area contributed by atoms with Crippen LogP contribution in [0.4, 0.5) is 5.00 Å². The molecule has 1 rings (SSSR count). The van der Waals surface area contributed by atoms with Crippen LogP contribution in [0.3, 0.4) is 0 Å². The second-order valence-electron chi connectivity index (χ2n) is 4.09. The number of rotatable bonds is 9. The molecular weight excluding hydrogens is 254 g/mol. The van der Waals surface area contributed by atoms with E-state index in [-0.39, 0.29) is 9.92 Å². The molecule has 1 heterocycles. The molecule has 0 atom stereocenters. The molecule has 0 aliphatic rings. The Morgan fingerprint density at radius 2 is 2.22 bits per heavy atom. The van der Waals surface area contributed by atoms with Gasteiger partial charge in [0.15, 0.2) is 0 Å². The monoisotopic (exact) mass is 273 g/mol. The van der Waals surface area contributed by atoms with Gasteiger partial charge in [-0.05, 0) is 20.2 Å². The van der Waals surface area contributed by atoms with Gasteiger partial charge >= 0.3 is 5.00 Å². The first-order valence-electron chi connectivity index (χ1n) is 5.76. The summed E-state index contributed by atoms with van der Waals surface area (Å²) in [5, 5.41) is 13.9. The van der Waals surface area contributed by atoms with Gasteiger partial charge in [-0.1, -0.05) is 11.3 Å². The predicted octanol–water partition coefficient (Wildman–Crippen LogP) is 1.32. The maximum Gasteiger partial charge on any atom is 0.324 e. The fourth-order valence-corrected chi connectivity index (χ4v) is 2.05. The maximum absolute atomic E-state index is 10.5. The zero-order chi connectivity index (χ0) is 13.4. The Labute approximate surface area is 111 Å². The van der Waals surface area contributed by atoms with Crippen LogP contribution in [0.1, 0.15) is 4.88 Å². The summed E-state index contributed by atoms with van der Waals surface area (Å²) in [6, 6.07) is 3.32. The van der Waals surface area contributed by atoms with Crippen LogP contribution in [-0.2, 0) is 11.3 Å². The lowest BCUT2D eigenvalue weighted by Gasteiger charge is -2.09. The third-order valence-electron chi connectivity index (χ3n) is 2.23. The molecule has 0 unspecified atom stereocenters. The molecule has 0 aliphatic carbocycles. The Balaban J connectivity index is 2.05. The Morgan fingerprint density at radius 3 is 2.83 bits per heavy atom. The summed E-state index contributed by atoms with van der Waals surface area (Å²) in [6.07, 6.45) is 0. The second kappa shape index (κ2) is 8.15. The summed E-state index contributed by atoms with van der Waals surface area (Å²) in [5.41, 5.74) is 0. The van der Waals surface area contributed by atoms with Gasteiger partial charge in [-0.2, -0.15) is 0 Å². The van der Waals surface area contributed by atoms with Crippen molar-refractivity contribution in [2.45, 2.75) is 6.54 Å². The van der Waals surface area contributed by atoms with Gasteiger partial charge in [0.1, 0.15) is 0 Å². The van der Waals surface area contributed by atoms with Crippen LogP contribution in [0.15, 0.2) is 12.1 Å². The molecule has 0 saturated carbocycles. The molecule has 0 saturated heterocycles. The van der Waals surface area contributed by atoms with Crippen LogP contribution in [-0.4, -0.2) is 50.2 Å². The molecule has 1 N–H and O–H groups in total. The minimum absolute atomic E-state index is 0.189. The van der Waals surface area contributed by atoms with Crippen LogP contribution in [0.2, 0.25) is 0 Å². The van der Waals surface area contributed by atoms with Crippen molar-refractivity contribution in [1.29, 1.82) is 0 Å². The van der Waals surface area contributed by atoms with E-state index in [1.54, 1.807) is 6.07 Å². The average Bonchev–Trinajstić information content (AvgIpc) is 2.76. The van der Waals surface area contributed by atoms with Crippen molar-refractivity contribution in [1.82, 2.24) is 10.2 Å². The van der Waals surface area contributed by atoms with E-state index < -0.39 is 0 Å². The number of hydrogen-bond acceptors (Lipinski definition) is 6. The van der Waals surface area contributed by atoms with Crippen molar-refractivity contribution < 1.29 is 9.66 Å². The quantitative estimate of drug-likeness (QED) is 0.417. The van der Waals surface area contributed by atoms with Gasteiger partial charge in [-0.25, -0.2) is 0 Å². The first-order valence-corrected chi connectivity index (χ1v) is 6.57. The van der Waals surface area contributed by atoms with Crippen LogP contribution in [0, 0.1) is 10.1 Å². The lowest BCUT2D eigenvalue weighted by Crippen LogP contribution is -2.22. The van der Waals surface area contributed by atoms with E-state index in [0.717, 1.165) is 24.6 Å². The highest BCUT2D eigenvalue weighted by molar-refractivity contribution is 7.15. The van der Waals surface area contributed by atoms with Gasteiger partial charge in [0.25, 0.3) is 0 Å². The third-order valence-corrected chi connectivity index (χ3v) is 3.27. The highest BCUT2D eigenvalue weighted by atomic mass is 32.1. The Kier molecular flexibility index (Phi) is 6.81. The van der Waals surface area contributed by atoms with Gasteiger partial charge in [-0.15, -0.1) is 0 Å². The van der Waals surface area contributed by atoms with Crippen molar-refractivity contribution in [2.24, 2.45) is 0 Å². The molecule has 0 spiro atoms. The highest BCUT2D eigenvalue weighted by Gasteiger charge is 2.08. The van der Waals surface area contributed by atoms with E-state index in [0.29, 0.717) is 13.2 Å². The van der Waals surface area contributed by atoms with E-state index in [4.69, 9.17) is 4.74 Å². The minimum Gasteiger partial charge on any atom is -0.379 e. The fraction of sp³-hybridized carbons (Fsp3) is 0.636. The Morgan fingerprint density at radius 1 is 1.44 bits per heavy atom. The molecule has 1 aromatic heterocycles. The predicted molar refractivity (Wildman–Crippen MR) is 72.1 cm³/mol. The van der Waals surface area contributed by atoms with Crippen molar-refractivity contribution in [3.63, 3.8) is 0 Å². The third kappa shape index (κ3) is 6.06. The SMILES string of the molecule is CN(C)CCOCCNCc1ccc([N+](=O)[O-])s1. The zero-order valence-electron chi connectivity index (χ0n) is 10.7. The lowest BCUT2D eigenvalue weighted by atomic mass is 10.4. The number of likely N-dealkylation sites (N-methyl/N-ethyl adjacent to an activating group) is 1. The Bertz CT molecular complexity index is 368. The highest BCUT2D eigenvalue weighted by Crippen LogP contribution is 2.23. The van der Waals surface area contributed by atoms with Gasteiger partial charge in [0, 0.05) is 30.6 Å². The first-order chi connectivity index (χ1) is 8.59. The first kappa shape index (κ1) is 15.0. The summed E-state index contributed by atoms with van der Waals surface area (Å²) in [4.78, 5) is 13.2. The molecule has 0 radical (unpaired) electrons. The van der Waals surface area contributed by atoms with Gasteiger partial charge < -0.3 is 15.0 Å². The van der Waals surface area contributed by atoms with Crippen molar-refractivity contribution in [2.75, 3.05) is 40.4 Å². The van der Waals surface area contributed by atoms with Crippen molar-refractivity contribution >= 4 is 16.3 Å². The van der Waals surface area contributed by atoms with E-state index >= 15 is 0 Å². The summed E-state index contributed by atoms with van der Waals surface area (Å²) < 4.78 is 5.42. The second-order valence-corrected chi connectivity index (χ2v) is 5.24. The number of ether oxygens (including phenoxy) is 1. The summed E-state index contributed by atoms with van der Waals surface area (Å²) in [5.74, 6) is 0. The van der Waals surface area contributed by atoms with Crippen molar-refractivity contribution in [3.8, 4) is 0 Å². The number of thiophene rings is 1. The lowest BCUT2D eigenvalue weighted by molar-refractivity contribution is -0.380. The van der Waals surface area contributed by atoms with E-state index in [9.17, 15) is 10.1 Å². The van der Waals surface area contributed by atoms with Gasteiger partial charge in [0.2, 0.25) is 0 Å². The number of nitro groups is 1. The number of hydrogen-bond donors (Lipinski definition) is 1. The van der Waals surface area contributed by atoms with Gasteiger partial charge in [-0.3, -0.25) is 10.1 Å². The number of nitrogens with one attached hydrogen (secondary N) is 1. The van der Waals surface area contributed by atoms with Crippen LogP contribution in [0.25, 0.3) is 0 Å². The molecule has 0 aliphatic heterocycles. The molecule has 7 heteroatoms. The normalized spacial score (nSPS) is 11.1. The molecule has 102 valence electrons. The summed E-state index contributed by atoms with van der Waals surface area (Å²) >= 11 is 1.20. The van der Waals surface area contributed by atoms with E-state index in [1.165, 1.54) is 17.4 Å². The standard InChI is InChI=1S/C11H19N3O3S/c1-13(2)6-8-17-7-5-12-9-10-3-4-11(18-10)14(15)16/h3-4,12H,5-9H2,1-2H3. The summed E-state index contributed by atoms with van der Waals surface area (Å²) in [7, 11) is 4.01. The number of nitrogens with zero attached hydrogens (tertiary/aromatic N) is 2. The molecule has 0 bridgehead atoms. The molecule has 1 aromatic rings. The zero-order valence-corrected chi connectivity index (χ0v) is 11.5. The fourth-order valence-electron chi connectivity index (χ4n) is 1.26. The topological polar surface area (TPSA) is 67.6 Å². The molecule has 0 amide bonds. The Hall–Kier alpha value is -1.02. The van der Waals surface area contributed by atoms with Crippen LogP contribution < -0.4 is 5.32 Å². The molecule has 0 fully saturated rings. The molecule has 0 aromatic carbocycles. The molecular formula is C11H19N3O3S. The average molecular weight is 273 g/mol. The van der Waals surface area contributed by atoms with E-state index in [2.05, 4.69) is 10.2 Å². The smallest absolute Gasteiger partial charge is 0.324 e. The maximum atomic E-state index is 10.5. The van der Waals surface area contributed by atoms with Crippen LogP contribution in [0.5, 0.6) is 0 Å². The van der Waals surface area contributed by atoms with Crippen LogP contribution >= 0.6 is 11.3 Å². The van der Waals surface area contributed by atoms with Crippen molar-refractivity contribution in [3.05, 3.63) is 27.1 Å². The largest absolute Gasteiger partial charge is 0.379 e. The van der Waals surface area contributed by atoms with E-state index in [1.807, 2.05) is 14.1 Å². The minimum atomic E-state index is -0.363. The summed E-state index contributed by atoms with van der Waals surface area (Å²) in [6.45, 7) is 3.69. The molecule has 6 nitrogen and oxygen atoms in total. The molecule has 18 heavy (non-hydrogen) atoms. The van der Waals surface area contributed by atoms with Gasteiger partial charge in [0.05, 0.1) is 18.1 Å².